The normalized spacial score (nSPS) is 23.7. The number of carbonyl (C=O) groups excluding carboxylic acids is 2. The second kappa shape index (κ2) is 6.81. The van der Waals surface area contributed by atoms with E-state index in [4.69, 9.17) is 18.9 Å². The van der Waals surface area contributed by atoms with Crippen LogP contribution in [-0.2, 0) is 14.2 Å². The van der Waals surface area contributed by atoms with Crippen LogP contribution in [0.25, 0.3) is 0 Å². The van der Waals surface area contributed by atoms with Crippen LogP contribution in [0.4, 0.5) is 15.4 Å². The monoisotopic (exact) mass is 337 g/mol. The van der Waals surface area contributed by atoms with E-state index in [9.17, 15) is 9.59 Å². The number of hydrogen-bond acceptors (Lipinski definition) is 8. The van der Waals surface area contributed by atoms with E-state index in [1.54, 1.807) is 18.5 Å². The number of ether oxygens (including phenoxy) is 4. The molecule has 1 aromatic rings. The summed E-state index contributed by atoms with van der Waals surface area (Å²) in [5, 5.41) is 7.32. The van der Waals surface area contributed by atoms with Crippen molar-refractivity contribution in [1.82, 2.24) is 9.78 Å². The molecule has 3 rings (SSSR count). The van der Waals surface area contributed by atoms with Gasteiger partial charge >= 0.3 is 12.3 Å². The molecule has 0 saturated carbocycles. The molecule has 0 fully saturated rings. The summed E-state index contributed by atoms with van der Waals surface area (Å²) in [6, 6.07) is -0.0970. The molecular weight excluding hydrogens is 318 g/mol. The van der Waals surface area contributed by atoms with Crippen molar-refractivity contribution < 1.29 is 28.5 Å². The Morgan fingerprint density at radius 3 is 2.79 bits per heavy atom. The maximum atomic E-state index is 11.7. The van der Waals surface area contributed by atoms with Gasteiger partial charge in [0, 0.05) is 5.92 Å². The van der Waals surface area contributed by atoms with Gasteiger partial charge in [0.15, 0.2) is 17.8 Å². The Kier molecular flexibility index (Phi) is 4.59. The number of rotatable bonds is 4. The number of allylic oxidation sites excluding steroid dienone is 2. The van der Waals surface area contributed by atoms with Crippen molar-refractivity contribution in [3.8, 4) is 5.75 Å². The van der Waals surface area contributed by atoms with Gasteiger partial charge in [-0.1, -0.05) is 12.2 Å². The molecule has 3 atom stereocenters. The summed E-state index contributed by atoms with van der Waals surface area (Å²) >= 11 is 0. The first-order valence-corrected chi connectivity index (χ1v) is 7.82. The molecule has 0 bridgehead atoms. The highest BCUT2D eigenvalue weighted by Crippen LogP contribution is 2.42. The summed E-state index contributed by atoms with van der Waals surface area (Å²) in [4.78, 5) is 23.2. The van der Waals surface area contributed by atoms with E-state index in [0.29, 0.717) is 5.82 Å². The molecule has 9 nitrogen and oxygen atoms in total. The van der Waals surface area contributed by atoms with Crippen molar-refractivity contribution in [1.29, 1.82) is 0 Å². The third kappa shape index (κ3) is 3.01. The van der Waals surface area contributed by atoms with Crippen LogP contribution in [-0.4, -0.2) is 41.5 Å². The molecule has 3 unspecified atom stereocenters. The second-order valence-electron chi connectivity index (χ2n) is 5.27. The van der Waals surface area contributed by atoms with E-state index in [1.165, 1.54) is 6.20 Å². The predicted molar refractivity (Wildman–Crippen MR) is 81.7 cm³/mol. The fourth-order valence-electron chi connectivity index (χ4n) is 2.86. The van der Waals surface area contributed by atoms with E-state index in [0.717, 1.165) is 6.42 Å². The van der Waals surface area contributed by atoms with E-state index < -0.39 is 18.5 Å². The first-order valence-electron chi connectivity index (χ1n) is 7.82. The molecule has 2 heterocycles. The minimum atomic E-state index is -0.818. The van der Waals surface area contributed by atoms with Gasteiger partial charge in [0.2, 0.25) is 0 Å². The lowest BCUT2D eigenvalue weighted by Crippen LogP contribution is -2.42. The zero-order valence-corrected chi connectivity index (χ0v) is 13.4. The molecule has 130 valence electrons. The lowest BCUT2D eigenvalue weighted by atomic mass is 9.98. The fraction of sp³-hybridized carbons (Fsp3) is 0.533. The Hall–Kier alpha value is -2.71. The van der Waals surface area contributed by atoms with Crippen LogP contribution in [0.2, 0.25) is 0 Å². The summed E-state index contributed by atoms with van der Waals surface area (Å²) in [5.74, 6) is 0.645. The van der Waals surface area contributed by atoms with Crippen LogP contribution >= 0.6 is 0 Å². The van der Waals surface area contributed by atoms with Gasteiger partial charge in [-0.3, -0.25) is 0 Å². The number of aromatic nitrogens is 2. The van der Waals surface area contributed by atoms with Gasteiger partial charge in [-0.2, -0.15) is 5.10 Å². The molecule has 1 aromatic heterocycles. The molecule has 1 N–H and O–H groups in total. The second-order valence-corrected chi connectivity index (χ2v) is 5.27. The SMILES string of the molecule is CCOC(=O)Oc1cnn2c1NC(OC(=O)OCC)C1CC=CC12. The summed E-state index contributed by atoms with van der Waals surface area (Å²) < 4.78 is 21.8. The van der Waals surface area contributed by atoms with Crippen LogP contribution in [0.3, 0.4) is 0 Å². The Balaban J connectivity index is 1.81. The van der Waals surface area contributed by atoms with Crippen molar-refractivity contribution in [2.24, 2.45) is 5.92 Å². The van der Waals surface area contributed by atoms with Gasteiger partial charge in [-0.25, -0.2) is 14.3 Å². The van der Waals surface area contributed by atoms with Crippen molar-refractivity contribution in [3.63, 3.8) is 0 Å². The Bertz CT molecular complexity index is 656. The smallest absolute Gasteiger partial charge is 0.435 e. The fourth-order valence-corrected chi connectivity index (χ4v) is 2.86. The summed E-state index contributed by atoms with van der Waals surface area (Å²) in [6.07, 6.45) is 3.96. The van der Waals surface area contributed by atoms with E-state index in [-0.39, 0.29) is 30.9 Å². The first kappa shape index (κ1) is 16.2. The number of nitrogens with one attached hydrogen (secondary N) is 1. The summed E-state index contributed by atoms with van der Waals surface area (Å²) in [5.41, 5.74) is 0. The van der Waals surface area contributed by atoms with Gasteiger partial charge in [0.05, 0.1) is 25.5 Å². The average molecular weight is 337 g/mol. The third-order valence-corrected chi connectivity index (χ3v) is 3.83. The topological polar surface area (TPSA) is 101 Å². The lowest BCUT2D eigenvalue weighted by molar-refractivity contribution is 0.00574. The zero-order valence-electron chi connectivity index (χ0n) is 13.4. The van der Waals surface area contributed by atoms with Crippen LogP contribution in [0.5, 0.6) is 5.75 Å². The maximum absolute atomic E-state index is 11.7. The molecule has 0 saturated heterocycles. The predicted octanol–water partition coefficient (Wildman–Crippen LogP) is 2.46. The largest absolute Gasteiger partial charge is 0.514 e. The summed E-state index contributed by atoms with van der Waals surface area (Å²) in [6.45, 7) is 3.82. The Morgan fingerprint density at radius 1 is 1.29 bits per heavy atom. The molecule has 0 aromatic carbocycles. The van der Waals surface area contributed by atoms with E-state index in [2.05, 4.69) is 10.4 Å². The van der Waals surface area contributed by atoms with E-state index in [1.807, 2.05) is 12.2 Å². The highest BCUT2D eigenvalue weighted by molar-refractivity contribution is 5.68. The van der Waals surface area contributed by atoms with Gasteiger partial charge in [-0.05, 0) is 20.3 Å². The Labute approximate surface area is 138 Å². The number of hydrogen-bond donors (Lipinski definition) is 1. The van der Waals surface area contributed by atoms with Gasteiger partial charge in [-0.15, -0.1) is 0 Å². The molecular formula is C15H19N3O6. The van der Waals surface area contributed by atoms with Gasteiger partial charge in [0.1, 0.15) is 0 Å². The van der Waals surface area contributed by atoms with Crippen LogP contribution in [0.1, 0.15) is 26.3 Å². The first-order chi connectivity index (χ1) is 11.6. The number of fused-ring (bicyclic) bond motifs is 3. The highest BCUT2D eigenvalue weighted by atomic mass is 16.7. The Morgan fingerprint density at radius 2 is 2.04 bits per heavy atom. The number of anilines is 1. The van der Waals surface area contributed by atoms with Gasteiger partial charge < -0.3 is 24.3 Å². The lowest BCUT2D eigenvalue weighted by Gasteiger charge is -2.35. The highest BCUT2D eigenvalue weighted by Gasteiger charge is 2.42. The van der Waals surface area contributed by atoms with Crippen molar-refractivity contribution >= 4 is 18.1 Å². The van der Waals surface area contributed by atoms with E-state index >= 15 is 0 Å². The van der Waals surface area contributed by atoms with Crippen molar-refractivity contribution in [2.45, 2.75) is 32.5 Å². The quantitative estimate of drug-likeness (QED) is 0.660. The molecule has 0 radical (unpaired) electrons. The zero-order chi connectivity index (χ0) is 17.1. The molecule has 9 heteroatoms. The van der Waals surface area contributed by atoms with Crippen LogP contribution < -0.4 is 10.1 Å². The molecule has 1 aliphatic heterocycles. The minimum absolute atomic E-state index is 0.0164. The number of nitrogens with zero attached hydrogens (tertiary/aromatic N) is 2. The standard InChI is InChI=1S/C15H19N3O6/c1-3-21-14(19)23-11-8-16-18-10-7-5-6-9(10)13(17-12(11)18)24-15(20)22-4-2/h5,7-10,13,17H,3-4,6H2,1-2H3. The molecule has 0 amide bonds. The maximum Gasteiger partial charge on any atom is 0.514 e. The van der Waals surface area contributed by atoms with Crippen LogP contribution in [0, 0.1) is 5.92 Å². The van der Waals surface area contributed by atoms with Crippen molar-refractivity contribution in [2.75, 3.05) is 18.5 Å². The molecule has 0 spiro atoms. The number of carbonyl (C=O) groups is 2. The average Bonchev–Trinajstić information content (AvgIpc) is 3.15. The van der Waals surface area contributed by atoms with Gasteiger partial charge in [0.25, 0.3) is 0 Å². The molecule has 24 heavy (non-hydrogen) atoms. The molecule has 1 aliphatic carbocycles. The molecule has 2 aliphatic rings. The minimum Gasteiger partial charge on any atom is -0.435 e. The van der Waals surface area contributed by atoms with Crippen LogP contribution in [0.15, 0.2) is 18.3 Å². The van der Waals surface area contributed by atoms with Crippen molar-refractivity contribution in [3.05, 3.63) is 18.3 Å². The summed E-state index contributed by atoms with van der Waals surface area (Å²) in [7, 11) is 0. The third-order valence-electron chi connectivity index (χ3n) is 3.83.